The van der Waals surface area contributed by atoms with Gasteiger partial charge in [-0.05, 0) is 54.4 Å². The Bertz CT molecular complexity index is 924. The molecule has 0 aliphatic rings. The maximum absolute atomic E-state index is 13.2. The van der Waals surface area contributed by atoms with Crippen molar-refractivity contribution in [2.75, 3.05) is 6.54 Å². The van der Waals surface area contributed by atoms with Crippen molar-refractivity contribution in [1.82, 2.24) is 5.32 Å². The molecule has 6 heteroatoms. The molecular weight excluding hydrogens is 370 g/mol. The van der Waals surface area contributed by atoms with Crippen LogP contribution in [-0.2, 0) is 19.1 Å². The van der Waals surface area contributed by atoms with Crippen LogP contribution in [0, 0.1) is 5.82 Å². The highest BCUT2D eigenvalue weighted by atomic mass is 19.4. The Morgan fingerprint density at radius 2 is 1.46 bits per heavy atom. The number of rotatable bonds is 7. The van der Waals surface area contributed by atoms with Crippen LogP contribution in [0.1, 0.15) is 16.7 Å². The van der Waals surface area contributed by atoms with Crippen molar-refractivity contribution >= 4 is 0 Å². The van der Waals surface area contributed by atoms with E-state index in [1.165, 1.54) is 24.3 Å². The van der Waals surface area contributed by atoms with Crippen LogP contribution in [0.3, 0.4) is 0 Å². The van der Waals surface area contributed by atoms with Crippen LogP contribution in [-0.4, -0.2) is 6.54 Å². The highest BCUT2D eigenvalue weighted by Crippen LogP contribution is 2.29. The molecule has 0 unspecified atom stereocenters. The monoisotopic (exact) mass is 389 g/mol. The molecule has 0 bridgehead atoms. The minimum Gasteiger partial charge on any atom is -0.457 e. The molecule has 0 aromatic heterocycles. The molecule has 0 saturated carbocycles. The number of benzene rings is 3. The van der Waals surface area contributed by atoms with Crippen molar-refractivity contribution < 1.29 is 22.3 Å². The van der Waals surface area contributed by atoms with E-state index in [0.717, 1.165) is 11.6 Å². The van der Waals surface area contributed by atoms with Crippen LogP contribution in [0.15, 0.2) is 72.8 Å². The summed E-state index contributed by atoms with van der Waals surface area (Å²) in [7, 11) is 0. The van der Waals surface area contributed by atoms with Crippen molar-refractivity contribution in [3.63, 3.8) is 0 Å². The lowest BCUT2D eigenvalue weighted by Gasteiger charge is -2.10. The van der Waals surface area contributed by atoms with Gasteiger partial charge in [0.15, 0.2) is 0 Å². The molecule has 0 heterocycles. The van der Waals surface area contributed by atoms with Crippen LogP contribution >= 0.6 is 0 Å². The molecule has 146 valence electrons. The van der Waals surface area contributed by atoms with Crippen molar-refractivity contribution in [2.24, 2.45) is 0 Å². The Morgan fingerprint density at radius 1 is 0.786 bits per heavy atom. The molecule has 28 heavy (non-hydrogen) atoms. The maximum atomic E-state index is 13.2. The second-order valence-electron chi connectivity index (χ2n) is 6.33. The Hall–Kier alpha value is -2.86. The average molecular weight is 389 g/mol. The van der Waals surface area contributed by atoms with Crippen molar-refractivity contribution in [2.45, 2.75) is 19.1 Å². The summed E-state index contributed by atoms with van der Waals surface area (Å²) >= 11 is 0. The third kappa shape index (κ3) is 5.82. The number of nitrogens with one attached hydrogen (secondary N) is 1. The average Bonchev–Trinajstić information content (AvgIpc) is 2.65. The van der Waals surface area contributed by atoms with Crippen molar-refractivity contribution in [1.29, 1.82) is 0 Å². The van der Waals surface area contributed by atoms with Gasteiger partial charge in [-0.2, -0.15) is 13.2 Å². The summed E-state index contributed by atoms with van der Waals surface area (Å²) in [5, 5.41) is 3.21. The van der Waals surface area contributed by atoms with E-state index >= 15 is 0 Å². The van der Waals surface area contributed by atoms with E-state index in [9.17, 15) is 17.6 Å². The fraction of sp³-hybridized carbons (Fsp3) is 0.182. The van der Waals surface area contributed by atoms with E-state index < -0.39 is 11.7 Å². The number of hydrogen-bond donors (Lipinski definition) is 1. The number of alkyl halides is 3. The SMILES string of the molecule is Fc1cccc(Oc2cccc(CNCCc3cccc(C(F)(F)F)c3)c2)c1. The topological polar surface area (TPSA) is 21.3 Å². The lowest BCUT2D eigenvalue weighted by atomic mass is 10.1. The summed E-state index contributed by atoms with van der Waals surface area (Å²) in [5.74, 6) is 0.627. The first kappa shape index (κ1) is 19.9. The zero-order valence-corrected chi connectivity index (χ0v) is 15.0. The van der Waals surface area contributed by atoms with Gasteiger partial charge in [0, 0.05) is 12.6 Å². The minimum atomic E-state index is -4.33. The molecule has 3 aromatic rings. The lowest BCUT2D eigenvalue weighted by molar-refractivity contribution is -0.137. The molecule has 0 spiro atoms. The molecule has 3 aromatic carbocycles. The summed E-state index contributed by atoms with van der Waals surface area (Å²) in [6.45, 7) is 1.08. The third-order valence-electron chi connectivity index (χ3n) is 4.10. The van der Waals surface area contributed by atoms with Crippen LogP contribution in [0.5, 0.6) is 11.5 Å². The van der Waals surface area contributed by atoms with Gasteiger partial charge in [0.2, 0.25) is 0 Å². The zero-order valence-electron chi connectivity index (χ0n) is 15.0. The molecule has 0 radical (unpaired) electrons. The molecule has 0 saturated heterocycles. The van der Waals surface area contributed by atoms with Gasteiger partial charge >= 0.3 is 6.18 Å². The van der Waals surface area contributed by atoms with Gasteiger partial charge in [0.05, 0.1) is 5.56 Å². The van der Waals surface area contributed by atoms with Crippen LogP contribution in [0.25, 0.3) is 0 Å². The molecule has 0 aliphatic heterocycles. The minimum absolute atomic E-state index is 0.370. The first-order valence-corrected chi connectivity index (χ1v) is 8.79. The molecule has 0 atom stereocenters. The third-order valence-corrected chi connectivity index (χ3v) is 4.10. The second kappa shape index (κ2) is 8.89. The highest BCUT2D eigenvalue weighted by molar-refractivity contribution is 5.34. The maximum Gasteiger partial charge on any atom is 0.416 e. The molecule has 1 N–H and O–H groups in total. The van der Waals surface area contributed by atoms with E-state index in [-0.39, 0.29) is 5.82 Å². The number of hydrogen-bond acceptors (Lipinski definition) is 2. The zero-order chi connectivity index (χ0) is 20.0. The second-order valence-corrected chi connectivity index (χ2v) is 6.33. The highest BCUT2D eigenvalue weighted by Gasteiger charge is 2.30. The van der Waals surface area contributed by atoms with Gasteiger partial charge in [0.25, 0.3) is 0 Å². The first-order chi connectivity index (χ1) is 13.4. The van der Waals surface area contributed by atoms with Crippen LogP contribution in [0.2, 0.25) is 0 Å². The molecule has 2 nitrogen and oxygen atoms in total. The van der Waals surface area contributed by atoms with Crippen molar-refractivity contribution in [3.05, 3.63) is 95.3 Å². The molecule has 0 amide bonds. The predicted molar refractivity (Wildman–Crippen MR) is 99.8 cm³/mol. The first-order valence-electron chi connectivity index (χ1n) is 8.79. The Labute approximate surface area is 160 Å². The van der Waals surface area contributed by atoms with Gasteiger partial charge in [0.1, 0.15) is 17.3 Å². The molecule has 0 fully saturated rings. The predicted octanol–water partition coefficient (Wildman–Crippen LogP) is 5.97. The van der Waals surface area contributed by atoms with Gasteiger partial charge in [-0.1, -0.05) is 36.4 Å². The Morgan fingerprint density at radius 3 is 2.21 bits per heavy atom. The van der Waals surface area contributed by atoms with Gasteiger partial charge < -0.3 is 10.1 Å². The summed E-state index contributed by atoms with van der Waals surface area (Å²) in [6, 6.07) is 18.6. The summed E-state index contributed by atoms with van der Waals surface area (Å²) in [5.41, 5.74) is 0.954. The van der Waals surface area contributed by atoms with E-state index in [1.54, 1.807) is 24.3 Å². The van der Waals surface area contributed by atoms with Gasteiger partial charge in [-0.15, -0.1) is 0 Å². The Balaban J connectivity index is 1.51. The quantitative estimate of drug-likeness (QED) is 0.397. The van der Waals surface area contributed by atoms with Crippen LogP contribution < -0.4 is 10.1 Å². The van der Waals surface area contributed by atoms with E-state index in [1.807, 2.05) is 18.2 Å². The fourth-order valence-corrected chi connectivity index (χ4v) is 2.75. The fourth-order valence-electron chi connectivity index (χ4n) is 2.75. The molecule has 0 aliphatic carbocycles. The molecule has 3 rings (SSSR count). The number of ether oxygens (including phenoxy) is 1. The standard InChI is InChI=1S/C22H19F4NO/c23-19-7-3-9-21(14-19)28-20-8-2-5-17(13-20)15-27-11-10-16-4-1-6-18(12-16)22(24,25)26/h1-9,12-14,27H,10-11,15H2. The normalized spacial score (nSPS) is 11.4. The van der Waals surface area contributed by atoms with E-state index in [0.29, 0.717) is 36.6 Å². The summed E-state index contributed by atoms with van der Waals surface area (Å²) < 4.78 is 57.1. The van der Waals surface area contributed by atoms with Gasteiger partial charge in [-0.25, -0.2) is 4.39 Å². The number of halogens is 4. The van der Waals surface area contributed by atoms with Crippen molar-refractivity contribution in [3.8, 4) is 11.5 Å². The lowest BCUT2D eigenvalue weighted by Crippen LogP contribution is -2.17. The summed E-state index contributed by atoms with van der Waals surface area (Å²) in [6.07, 6.45) is -3.84. The van der Waals surface area contributed by atoms with E-state index in [4.69, 9.17) is 4.74 Å². The van der Waals surface area contributed by atoms with Gasteiger partial charge in [-0.3, -0.25) is 0 Å². The van der Waals surface area contributed by atoms with Crippen LogP contribution in [0.4, 0.5) is 17.6 Å². The molecular formula is C22H19F4NO. The largest absolute Gasteiger partial charge is 0.457 e. The smallest absolute Gasteiger partial charge is 0.416 e. The summed E-state index contributed by atoms with van der Waals surface area (Å²) in [4.78, 5) is 0. The van der Waals surface area contributed by atoms with E-state index in [2.05, 4.69) is 5.32 Å². The Kier molecular flexibility index (Phi) is 6.31.